The first kappa shape index (κ1) is 13.6. The predicted octanol–water partition coefficient (Wildman–Crippen LogP) is 2.90. The molecule has 3 nitrogen and oxygen atoms in total. The van der Waals surface area contributed by atoms with Crippen LogP contribution in [0.15, 0.2) is 12.1 Å². The van der Waals surface area contributed by atoms with Crippen LogP contribution >= 0.6 is 11.3 Å². The standard InChI is InChI=1S/C14H21NO2S/c1-13(2)12(14(13,3)4)15-8-10-6-5-9(18-10)7-11(16)17/h5-6,12,15H,7-8H2,1-4H3,(H,16,17). The van der Waals surface area contributed by atoms with Gasteiger partial charge < -0.3 is 10.4 Å². The molecule has 0 spiro atoms. The highest BCUT2D eigenvalue weighted by Crippen LogP contribution is 2.62. The normalized spacial score (nSPS) is 20.9. The van der Waals surface area contributed by atoms with Gasteiger partial charge in [-0.05, 0) is 23.0 Å². The van der Waals surface area contributed by atoms with Crippen LogP contribution in [-0.4, -0.2) is 17.1 Å². The molecule has 1 heterocycles. The number of thiophene rings is 1. The highest BCUT2D eigenvalue weighted by Gasteiger charge is 2.64. The van der Waals surface area contributed by atoms with E-state index in [0.29, 0.717) is 16.9 Å². The molecule has 0 unspecified atom stereocenters. The summed E-state index contributed by atoms with van der Waals surface area (Å²) in [5.41, 5.74) is 0.683. The van der Waals surface area contributed by atoms with Crippen LogP contribution in [0, 0.1) is 10.8 Å². The Hall–Kier alpha value is -0.870. The van der Waals surface area contributed by atoms with E-state index >= 15 is 0 Å². The lowest BCUT2D eigenvalue weighted by atomic mass is 10.0. The van der Waals surface area contributed by atoms with E-state index in [1.54, 1.807) is 11.3 Å². The Morgan fingerprint density at radius 3 is 2.33 bits per heavy atom. The molecule has 1 aliphatic carbocycles. The van der Waals surface area contributed by atoms with Crippen LogP contribution in [0.1, 0.15) is 37.4 Å². The average Bonchev–Trinajstić information content (AvgIpc) is 2.59. The van der Waals surface area contributed by atoms with Crippen molar-refractivity contribution in [3.8, 4) is 0 Å². The van der Waals surface area contributed by atoms with Crippen molar-refractivity contribution in [3.63, 3.8) is 0 Å². The van der Waals surface area contributed by atoms with Crippen LogP contribution in [0.4, 0.5) is 0 Å². The molecule has 0 atom stereocenters. The van der Waals surface area contributed by atoms with Crippen LogP contribution < -0.4 is 5.32 Å². The number of carboxylic acid groups (broad SMARTS) is 1. The monoisotopic (exact) mass is 267 g/mol. The first-order valence-corrected chi connectivity index (χ1v) is 7.09. The number of nitrogens with one attached hydrogen (secondary N) is 1. The molecule has 1 fully saturated rings. The van der Waals surface area contributed by atoms with Gasteiger partial charge in [-0.3, -0.25) is 4.79 Å². The minimum absolute atomic E-state index is 0.130. The quantitative estimate of drug-likeness (QED) is 0.862. The van der Waals surface area contributed by atoms with Crippen LogP contribution in [0.25, 0.3) is 0 Å². The number of rotatable bonds is 5. The Kier molecular flexibility index (Phi) is 3.28. The fraction of sp³-hybridized carbons (Fsp3) is 0.643. The molecule has 1 aliphatic rings. The molecule has 0 saturated heterocycles. The van der Waals surface area contributed by atoms with Gasteiger partial charge in [-0.1, -0.05) is 27.7 Å². The second-order valence-electron chi connectivity index (χ2n) is 6.20. The summed E-state index contributed by atoms with van der Waals surface area (Å²) in [5.74, 6) is -0.763. The fourth-order valence-corrected chi connectivity index (χ4v) is 3.63. The molecule has 4 heteroatoms. The van der Waals surface area contributed by atoms with E-state index < -0.39 is 5.97 Å². The number of hydrogen-bond donors (Lipinski definition) is 2. The third-order valence-electron chi connectivity index (χ3n) is 4.54. The summed E-state index contributed by atoms with van der Waals surface area (Å²) in [5, 5.41) is 12.3. The van der Waals surface area contributed by atoms with Crippen LogP contribution in [0.3, 0.4) is 0 Å². The minimum Gasteiger partial charge on any atom is -0.481 e. The van der Waals surface area contributed by atoms with Gasteiger partial charge in [-0.25, -0.2) is 0 Å². The molecule has 2 N–H and O–H groups in total. The predicted molar refractivity (Wildman–Crippen MR) is 73.8 cm³/mol. The third-order valence-corrected chi connectivity index (χ3v) is 5.63. The van der Waals surface area contributed by atoms with Gasteiger partial charge >= 0.3 is 5.97 Å². The molecule has 0 radical (unpaired) electrons. The summed E-state index contributed by atoms with van der Waals surface area (Å²) in [6.07, 6.45) is 0.130. The van der Waals surface area contributed by atoms with Crippen LogP contribution in [0.2, 0.25) is 0 Å². The molecule has 0 amide bonds. The molecule has 1 saturated carbocycles. The number of carboxylic acids is 1. The molecule has 0 bridgehead atoms. The summed E-state index contributed by atoms with van der Waals surface area (Å²) >= 11 is 1.59. The zero-order valence-corrected chi connectivity index (χ0v) is 12.2. The molecule has 0 aliphatic heterocycles. The lowest BCUT2D eigenvalue weighted by molar-refractivity contribution is -0.136. The Morgan fingerprint density at radius 1 is 1.28 bits per heavy atom. The van der Waals surface area contributed by atoms with Crippen molar-refractivity contribution in [2.75, 3.05) is 0 Å². The van der Waals surface area contributed by atoms with Gasteiger partial charge in [0, 0.05) is 22.3 Å². The lowest BCUT2D eigenvalue weighted by Crippen LogP contribution is -2.21. The van der Waals surface area contributed by atoms with Gasteiger partial charge in [0.1, 0.15) is 0 Å². The van der Waals surface area contributed by atoms with Crippen molar-refractivity contribution in [2.45, 2.75) is 46.7 Å². The van der Waals surface area contributed by atoms with Crippen molar-refractivity contribution in [3.05, 3.63) is 21.9 Å². The van der Waals surface area contributed by atoms with E-state index in [-0.39, 0.29) is 6.42 Å². The van der Waals surface area contributed by atoms with Crippen molar-refractivity contribution in [1.29, 1.82) is 0 Å². The van der Waals surface area contributed by atoms with Gasteiger partial charge in [-0.2, -0.15) is 0 Å². The van der Waals surface area contributed by atoms with Gasteiger partial charge in [0.2, 0.25) is 0 Å². The molecule has 100 valence electrons. The van der Waals surface area contributed by atoms with Crippen LogP contribution in [-0.2, 0) is 17.8 Å². The van der Waals surface area contributed by atoms with E-state index in [4.69, 9.17) is 5.11 Å². The summed E-state index contributed by atoms with van der Waals surface area (Å²) in [4.78, 5) is 12.8. The molecule has 0 aromatic carbocycles. The topological polar surface area (TPSA) is 49.3 Å². The molecule has 18 heavy (non-hydrogen) atoms. The van der Waals surface area contributed by atoms with E-state index in [0.717, 1.165) is 11.4 Å². The van der Waals surface area contributed by atoms with Gasteiger partial charge in [0.05, 0.1) is 6.42 Å². The Bertz CT molecular complexity index is 448. The maximum atomic E-state index is 10.6. The van der Waals surface area contributed by atoms with E-state index in [9.17, 15) is 4.79 Å². The van der Waals surface area contributed by atoms with Gasteiger partial charge in [0.25, 0.3) is 0 Å². The van der Waals surface area contributed by atoms with Crippen molar-refractivity contribution in [2.24, 2.45) is 10.8 Å². The highest BCUT2D eigenvalue weighted by molar-refractivity contribution is 7.12. The lowest BCUT2D eigenvalue weighted by Gasteiger charge is -2.04. The number of carbonyl (C=O) groups is 1. The molecular formula is C14H21NO2S. The van der Waals surface area contributed by atoms with E-state index in [1.807, 2.05) is 12.1 Å². The Labute approximate surface area is 112 Å². The third kappa shape index (κ3) is 2.31. The molecule has 1 aromatic rings. The van der Waals surface area contributed by atoms with Gasteiger partial charge in [0.15, 0.2) is 0 Å². The summed E-state index contributed by atoms with van der Waals surface area (Å²) in [7, 11) is 0. The summed E-state index contributed by atoms with van der Waals surface area (Å²) in [6.45, 7) is 9.98. The van der Waals surface area contributed by atoms with E-state index in [2.05, 4.69) is 33.0 Å². The maximum absolute atomic E-state index is 10.6. The Balaban J connectivity index is 1.88. The second-order valence-corrected chi connectivity index (χ2v) is 7.45. The van der Waals surface area contributed by atoms with E-state index in [1.165, 1.54) is 4.88 Å². The highest BCUT2D eigenvalue weighted by atomic mass is 32.1. The molecular weight excluding hydrogens is 246 g/mol. The van der Waals surface area contributed by atoms with Crippen molar-refractivity contribution in [1.82, 2.24) is 5.32 Å². The summed E-state index contributed by atoms with van der Waals surface area (Å²) < 4.78 is 0. The molecule has 1 aromatic heterocycles. The minimum atomic E-state index is -0.763. The Morgan fingerprint density at radius 2 is 1.83 bits per heavy atom. The smallest absolute Gasteiger partial charge is 0.308 e. The largest absolute Gasteiger partial charge is 0.481 e. The SMILES string of the molecule is CC1(C)C(NCc2ccc(CC(=O)O)s2)C1(C)C. The average molecular weight is 267 g/mol. The van der Waals surface area contributed by atoms with Crippen molar-refractivity contribution >= 4 is 17.3 Å². The fourth-order valence-electron chi connectivity index (χ4n) is 2.67. The zero-order chi connectivity index (χ0) is 13.6. The number of aliphatic carboxylic acids is 1. The summed E-state index contributed by atoms with van der Waals surface area (Å²) in [6, 6.07) is 4.48. The zero-order valence-electron chi connectivity index (χ0n) is 11.4. The number of hydrogen-bond acceptors (Lipinski definition) is 3. The maximum Gasteiger partial charge on any atom is 0.308 e. The van der Waals surface area contributed by atoms with Crippen molar-refractivity contribution < 1.29 is 9.90 Å². The van der Waals surface area contributed by atoms with Crippen LogP contribution in [0.5, 0.6) is 0 Å². The van der Waals surface area contributed by atoms with Gasteiger partial charge in [-0.15, -0.1) is 11.3 Å². The first-order valence-electron chi connectivity index (χ1n) is 6.28. The second kappa shape index (κ2) is 4.35. The first-order chi connectivity index (χ1) is 8.25. The molecule has 2 rings (SSSR count).